The molecule has 0 atom stereocenters. The number of hydrogen-bond acceptors (Lipinski definition) is 7. The molecule has 0 aliphatic carbocycles. The Morgan fingerprint density at radius 1 is 1.12 bits per heavy atom. The molecule has 2 aromatic rings. The Bertz CT molecular complexity index is 683. The van der Waals surface area contributed by atoms with Crippen LogP contribution in [0, 0.1) is 0 Å². The fourth-order valence-electron chi connectivity index (χ4n) is 1.76. The molecule has 1 heterocycles. The number of imide groups is 1. The number of carbonyl (C=O) groups excluding carboxylic acids is 2. The van der Waals surface area contributed by atoms with Crippen molar-refractivity contribution in [3.8, 4) is 11.8 Å². The zero-order valence-electron chi connectivity index (χ0n) is 12.5. The fraction of sp³-hybridized carbons (Fsp3) is 0.143. The summed E-state index contributed by atoms with van der Waals surface area (Å²) in [6.45, 7) is 0.573. The second kappa shape index (κ2) is 7.85. The van der Waals surface area contributed by atoms with Crippen molar-refractivity contribution >= 4 is 17.8 Å². The average molecular weight is 335 g/mol. The van der Waals surface area contributed by atoms with Gasteiger partial charge in [0.05, 0.1) is 5.69 Å². The van der Waals surface area contributed by atoms with Crippen LogP contribution in [-0.4, -0.2) is 40.2 Å². The lowest BCUT2D eigenvalue weighted by atomic mass is 10.3. The van der Waals surface area contributed by atoms with Gasteiger partial charge in [-0.05, 0) is 12.1 Å². The zero-order valence-corrected chi connectivity index (χ0v) is 12.5. The van der Waals surface area contributed by atoms with Gasteiger partial charge >= 0.3 is 12.1 Å². The van der Waals surface area contributed by atoms with E-state index in [2.05, 4.69) is 10.9 Å². The van der Waals surface area contributed by atoms with Crippen molar-refractivity contribution in [2.24, 2.45) is 5.73 Å². The molecule has 128 valence electrons. The summed E-state index contributed by atoms with van der Waals surface area (Å²) < 4.78 is 0.485. The van der Waals surface area contributed by atoms with Crippen molar-refractivity contribution in [3.63, 3.8) is 0 Å². The van der Waals surface area contributed by atoms with E-state index in [4.69, 9.17) is 10.6 Å². The largest absolute Gasteiger partial charge is 0.492 e. The number of hydrazine groups is 1. The highest BCUT2D eigenvalue weighted by Gasteiger charge is 2.27. The van der Waals surface area contributed by atoms with Gasteiger partial charge in [0.25, 0.3) is 0 Å². The predicted molar refractivity (Wildman–Crippen MR) is 84.2 cm³/mol. The molecule has 0 bridgehead atoms. The molecule has 0 saturated heterocycles. The lowest BCUT2D eigenvalue weighted by Gasteiger charge is -2.21. The molecule has 0 saturated carbocycles. The zero-order chi connectivity index (χ0) is 17.5. The number of amides is 3. The summed E-state index contributed by atoms with van der Waals surface area (Å²) in [4.78, 5) is 30.1. The maximum atomic E-state index is 12.3. The normalized spacial score (nSPS) is 10.2. The van der Waals surface area contributed by atoms with Gasteiger partial charge in [0.2, 0.25) is 11.8 Å². The lowest BCUT2D eigenvalue weighted by molar-refractivity contribution is 0.115. The van der Waals surface area contributed by atoms with Gasteiger partial charge in [0.15, 0.2) is 0 Å². The predicted octanol–water partition coefficient (Wildman–Crippen LogP) is 0.127. The van der Waals surface area contributed by atoms with E-state index in [-0.39, 0.29) is 12.2 Å². The summed E-state index contributed by atoms with van der Waals surface area (Å²) in [5.41, 5.74) is 10.4. The summed E-state index contributed by atoms with van der Waals surface area (Å²) in [6, 6.07) is 9.41. The van der Waals surface area contributed by atoms with Crippen molar-refractivity contribution in [1.29, 1.82) is 0 Å². The van der Waals surface area contributed by atoms with Crippen molar-refractivity contribution in [2.75, 3.05) is 18.0 Å². The highest BCUT2D eigenvalue weighted by molar-refractivity contribution is 6.11. The Morgan fingerprint density at radius 3 is 2.33 bits per heavy atom. The van der Waals surface area contributed by atoms with E-state index in [0.29, 0.717) is 16.2 Å². The minimum absolute atomic E-state index is 0.223. The Kier molecular flexibility index (Phi) is 5.60. The first-order chi connectivity index (χ1) is 11.5. The number of nitrogens with zero attached hydrogens (tertiary/aromatic N) is 2. The second-order valence-corrected chi connectivity index (χ2v) is 4.52. The topological polar surface area (TPSA) is 142 Å². The van der Waals surface area contributed by atoms with Crippen molar-refractivity contribution in [3.05, 3.63) is 42.5 Å². The molecule has 10 nitrogen and oxygen atoms in total. The molecule has 6 N–H and O–H groups in total. The second-order valence-electron chi connectivity index (χ2n) is 4.52. The van der Waals surface area contributed by atoms with Crippen molar-refractivity contribution < 1.29 is 24.6 Å². The Balaban J connectivity index is 2.22. The first-order valence-corrected chi connectivity index (χ1v) is 6.94. The van der Waals surface area contributed by atoms with Gasteiger partial charge < -0.3 is 20.8 Å². The van der Waals surface area contributed by atoms with Crippen molar-refractivity contribution in [1.82, 2.24) is 15.6 Å². The van der Waals surface area contributed by atoms with Crippen LogP contribution in [0.3, 0.4) is 0 Å². The van der Waals surface area contributed by atoms with Crippen LogP contribution in [0.15, 0.2) is 42.5 Å². The third kappa shape index (κ3) is 3.94. The molecule has 0 aliphatic rings. The first kappa shape index (κ1) is 17.1. The van der Waals surface area contributed by atoms with E-state index in [9.17, 15) is 19.8 Å². The van der Waals surface area contributed by atoms with Crippen LogP contribution in [0.25, 0.3) is 0 Å². The molecule has 2 rings (SSSR count). The molecule has 1 aromatic carbocycles. The number of nitrogens with one attached hydrogen (secondary N) is 2. The van der Waals surface area contributed by atoms with E-state index in [0.717, 1.165) is 12.1 Å². The molecule has 3 amide bonds. The van der Waals surface area contributed by atoms with E-state index in [1.165, 1.54) is 12.1 Å². The SMILES string of the molecule is NCCNNC(=O)N(C(=O)On1c(O)ccc1O)c1ccccc1. The number of rotatable bonds is 5. The molecule has 0 fully saturated rings. The number of aromatic nitrogens is 1. The van der Waals surface area contributed by atoms with Crippen LogP contribution in [-0.2, 0) is 0 Å². The molecule has 24 heavy (non-hydrogen) atoms. The van der Waals surface area contributed by atoms with Gasteiger partial charge in [-0.25, -0.2) is 15.0 Å². The molecule has 0 unspecified atom stereocenters. The minimum atomic E-state index is -1.14. The number of hydrogen-bond donors (Lipinski definition) is 5. The average Bonchev–Trinajstić information content (AvgIpc) is 2.88. The molecule has 0 spiro atoms. The smallest absolute Gasteiger partial charge is 0.447 e. The molecular weight excluding hydrogens is 318 g/mol. The van der Waals surface area contributed by atoms with E-state index < -0.39 is 23.9 Å². The summed E-state index contributed by atoms with van der Waals surface area (Å²) in [6.07, 6.45) is -1.14. The maximum absolute atomic E-state index is 12.3. The van der Waals surface area contributed by atoms with Crippen LogP contribution < -0.4 is 26.3 Å². The Morgan fingerprint density at radius 2 is 1.75 bits per heavy atom. The number of aromatic hydroxyl groups is 2. The van der Waals surface area contributed by atoms with Crippen LogP contribution in [0.2, 0.25) is 0 Å². The number of para-hydroxylation sites is 1. The van der Waals surface area contributed by atoms with Crippen molar-refractivity contribution in [2.45, 2.75) is 0 Å². The summed E-state index contributed by atoms with van der Waals surface area (Å²) in [5, 5.41) is 19.0. The number of benzene rings is 1. The van der Waals surface area contributed by atoms with Gasteiger partial charge in [0.1, 0.15) is 0 Å². The molecule has 0 radical (unpaired) electrons. The standard InChI is InChI=1S/C14H17N5O5/c15-8-9-16-17-13(22)18(10-4-2-1-3-5-10)14(23)24-19-11(20)6-7-12(19)21/h1-7,16,20-21H,8-9,15H2,(H,17,22). The summed E-state index contributed by atoms with van der Waals surface area (Å²) in [5.74, 6) is -1.01. The number of carbonyl (C=O) groups is 2. The summed E-state index contributed by atoms with van der Waals surface area (Å²) in [7, 11) is 0. The van der Waals surface area contributed by atoms with E-state index in [1.54, 1.807) is 18.2 Å². The van der Waals surface area contributed by atoms with Crippen LogP contribution in [0.1, 0.15) is 0 Å². The fourth-order valence-corrected chi connectivity index (χ4v) is 1.76. The van der Waals surface area contributed by atoms with Crippen LogP contribution >= 0.6 is 0 Å². The highest BCUT2D eigenvalue weighted by atomic mass is 16.7. The molecule has 1 aromatic heterocycles. The van der Waals surface area contributed by atoms with E-state index in [1.807, 2.05) is 0 Å². The van der Waals surface area contributed by atoms with E-state index >= 15 is 0 Å². The maximum Gasteiger partial charge on any atom is 0.447 e. The number of urea groups is 1. The van der Waals surface area contributed by atoms with Gasteiger partial charge in [-0.3, -0.25) is 5.43 Å². The quantitative estimate of drug-likeness (QED) is 0.386. The third-order valence-electron chi connectivity index (χ3n) is 2.83. The number of nitrogens with two attached hydrogens (primary N) is 1. The highest BCUT2D eigenvalue weighted by Crippen LogP contribution is 2.20. The Hall–Kier alpha value is -3.24. The van der Waals surface area contributed by atoms with Gasteiger partial charge in [-0.15, -0.1) is 4.73 Å². The molecule has 10 heteroatoms. The molecule has 0 aliphatic heterocycles. The minimum Gasteiger partial charge on any atom is -0.492 e. The summed E-state index contributed by atoms with van der Waals surface area (Å²) >= 11 is 0. The van der Waals surface area contributed by atoms with Crippen LogP contribution in [0.4, 0.5) is 15.3 Å². The third-order valence-corrected chi connectivity index (χ3v) is 2.83. The Labute approximate surface area is 137 Å². The monoisotopic (exact) mass is 335 g/mol. The van der Waals surface area contributed by atoms with Gasteiger partial charge in [-0.2, -0.15) is 4.90 Å². The first-order valence-electron chi connectivity index (χ1n) is 6.94. The van der Waals surface area contributed by atoms with Gasteiger partial charge in [-0.1, -0.05) is 18.2 Å². The number of anilines is 1. The molecular formula is C14H17N5O5. The van der Waals surface area contributed by atoms with Crippen LogP contribution in [0.5, 0.6) is 11.8 Å². The van der Waals surface area contributed by atoms with Gasteiger partial charge in [0, 0.05) is 25.2 Å². The lowest BCUT2D eigenvalue weighted by Crippen LogP contribution is -2.52.